The highest BCUT2D eigenvalue weighted by molar-refractivity contribution is 7.80. The molecule has 1 amide bonds. The number of halogens is 2. The molecule has 0 unspecified atom stereocenters. The second kappa shape index (κ2) is 10.3. The standard InChI is InChI=1S/C26H22Cl2N2O4S/c1-26(24(32)30(25(35)29-26)20-14-12-19(28)13-15-20)22(17-8-10-18(27)11-9-17)34-23(31)21(33-2)16-6-4-3-5-7-16/h3-15,21-22H,1-2H3,(H,29,35)/t21-,22-,26+/m1/s1. The van der Waals surface area contributed by atoms with Gasteiger partial charge in [-0.15, -0.1) is 0 Å². The summed E-state index contributed by atoms with van der Waals surface area (Å²) in [6.45, 7) is 1.65. The molecule has 0 aliphatic carbocycles. The molecule has 1 aliphatic heterocycles. The first-order valence-electron chi connectivity index (χ1n) is 10.7. The van der Waals surface area contributed by atoms with E-state index in [4.69, 9.17) is 44.9 Å². The topological polar surface area (TPSA) is 67.9 Å². The van der Waals surface area contributed by atoms with Crippen molar-refractivity contribution in [3.05, 3.63) is 100 Å². The maximum atomic E-state index is 13.8. The summed E-state index contributed by atoms with van der Waals surface area (Å²) in [5.74, 6) is -1.03. The minimum absolute atomic E-state index is 0.182. The third-order valence-electron chi connectivity index (χ3n) is 5.79. The Morgan fingerprint density at radius 3 is 2.09 bits per heavy atom. The number of carbonyl (C=O) groups excluding carboxylic acids is 2. The fourth-order valence-electron chi connectivity index (χ4n) is 3.99. The molecule has 0 bridgehead atoms. The number of thiocarbonyl (C=S) groups is 1. The van der Waals surface area contributed by atoms with Gasteiger partial charge in [0, 0.05) is 17.2 Å². The molecule has 0 saturated carbocycles. The monoisotopic (exact) mass is 528 g/mol. The Labute approximate surface area is 218 Å². The summed E-state index contributed by atoms with van der Waals surface area (Å²) in [6.07, 6.45) is -2.03. The van der Waals surface area contributed by atoms with E-state index in [1.54, 1.807) is 79.7 Å². The smallest absolute Gasteiger partial charge is 0.340 e. The Morgan fingerprint density at radius 2 is 1.51 bits per heavy atom. The van der Waals surface area contributed by atoms with E-state index in [1.165, 1.54) is 12.0 Å². The van der Waals surface area contributed by atoms with Gasteiger partial charge in [0.25, 0.3) is 5.91 Å². The number of nitrogens with zero attached hydrogens (tertiary/aromatic N) is 1. The summed E-state index contributed by atoms with van der Waals surface area (Å²) in [6, 6.07) is 22.5. The van der Waals surface area contributed by atoms with Crippen molar-refractivity contribution in [2.24, 2.45) is 0 Å². The van der Waals surface area contributed by atoms with E-state index in [2.05, 4.69) is 5.32 Å². The van der Waals surface area contributed by atoms with Crippen molar-refractivity contribution in [2.75, 3.05) is 12.0 Å². The molecule has 1 saturated heterocycles. The fourth-order valence-corrected chi connectivity index (χ4v) is 4.64. The summed E-state index contributed by atoms with van der Waals surface area (Å²) >= 11 is 17.6. The Kier molecular flexibility index (Phi) is 7.42. The number of ether oxygens (including phenoxy) is 2. The first-order chi connectivity index (χ1) is 16.7. The van der Waals surface area contributed by atoms with Crippen LogP contribution in [-0.4, -0.2) is 29.6 Å². The molecule has 6 nitrogen and oxygen atoms in total. The van der Waals surface area contributed by atoms with E-state index >= 15 is 0 Å². The number of nitrogens with one attached hydrogen (secondary N) is 1. The average molecular weight is 529 g/mol. The van der Waals surface area contributed by atoms with Crippen LogP contribution < -0.4 is 10.2 Å². The molecule has 180 valence electrons. The molecule has 4 rings (SSSR count). The number of anilines is 1. The zero-order valence-electron chi connectivity index (χ0n) is 18.9. The molecular weight excluding hydrogens is 507 g/mol. The first-order valence-corrected chi connectivity index (χ1v) is 11.9. The van der Waals surface area contributed by atoms with Crippen LogP contribution >= 0.6 is 35.4 Å². The Bertz CT molecular complexity index is 1240. The number of benzene rings is 3. The van der Waals surface area contributed by atoms with Crippen molar-refractivity contribution < 1.29 is 19.1 Å². The SMILES string of the molecule is CO[C@@H](C(=O)O[C@H](c1ccc(Cl)cc1)[C@]1(C)NC(=S)N(c2ccc(Cl)cc2)C1=O)c1ccccc1. The Morgan fingerprint density at radius 1 is 0.943 bits per heavy atom. The number of carbonyl (C=O) groups is 2. The molecule has 1 heterocycles. The van der Waals surface area contributed by atoms with Gasteiger partial charge in [-0.05, 0) is 66.7 Å². The molecule has 0 radical (unpaired) electrons. The van der Waals surface area contributed by atoms with E-state index in [9.17, 15) is 9.59 Å². The zero-order valence-corrected chi connectivity index (χ0v) is 21.2. The average Bonchev–Trinajstić information content (AvgIpc) is 3.08. The van der Waals surface area contributed by atoms with Crippen LogP contribution in [0.4, 0.5) is 5.69 Å². The van der Waals surface area contributed by atoms with E-state index in [0.717, 1.165) is 0 Å². The second-order valence-corrected chi connectivity index (χ2v) is 9.40. The summed E-state index contributed by atoms with van der Waals surface area (Å²) < 4.78 is 11.4. The molecule has 3 aromatic carbocycles. The lowest BCUT2D eigenvalue weighted by Gasteiger charge is -2.33. The molecule has 3 aromatic rings. The fraction of sp³-hybridized carbons (Fsp3) is 0.192. The molecule has 1 N–H and O–H groups in total. The van der Waals surface area contributed by atoms with Crippen LogP contribution in [0.5, 0.6) is 0 Å². The number of methoxy groups -OCH3 is 1. The number of rotatable bonds is 7. The normalized spacial score (nSPS) is 19.3. The van der Waals surface area contributed by atoms with Gasteiger partial charge >= 0.3 is 5.97 Å². The van der Waals surface area contributed by atoms with Gasteiger partial charge in [-0.1, -0.05) is 65.7 Å². The van der Waals surface area contributed by atoms with Crippen LogP contribution in [0.3, 0.4) is 0 Å². The van der Waals surface area contributed by atoms with Crippen molar-refractivity contribution in [3.63, 3.8) is 0 Å². The molecule has 3 atom stereocenters. The lowest BCUT2D eigenvalue weighted by Crippen LogP contribution is -2.51. The second-order valence-electron chi connectivity index (χ2n) is 8.14. The predicted octanol–water partition coefficient (Wildman–Crippen LogP) is 5.65. The van der Waals surface area contributed by atoms with Crippen molar-refractivity contribution in [1.82, 2.24) is 5.32 Å². The van der Waals surface area contributed by atoms with Gasteiger partial charge in [0.15, 0.2) is 22.9 Å². The molecule has 0 aromatic heterocycles. The Balaban J connectivity index is 1.72. The number of amides is 1. The highest BCUT2D eigenvalue weighted by Gasteiger charge is 2.54. The molecule has 9 heteroatoms. The van der Waals surface area contributed by atoms with Crippen LogP contribution in [0.15, 0.2) is 78.9 Å². The number of hydrogen-bond donors (Lipinski definition) is 1. The molecule has 0 spiro atoms. The zero-order chi connectivity index (χ0) is 25.2. The van der Waals surface area contributed by atoms with Crippen LogP contribution in [0.25, 0.3) is 0 Å². The van der Waals surface area contributed by atoms with Gasteiger partial charge in [-0.25, -0.2) is 4.79 Å². The third kappa shape index (κ3) is 5.04. The van der Waals surface area contributed by atoms with E-state index in [1.807, 2.05) is 6.07 Å². The van der Waals surface area contributed by atoms with Gasteiger partial charge in [0.2, 0.25) is 0 Å². The first kappa shape index (κ1) is 25.1. The highest BCUT2D eigenvalue weighted by atomic mass is 35.5. The van der Waals surface area contributed by atoms with Crippen LogP contribution in [0.2, 0.25) is 10.0 Å². The summed E-state index contributed by atoms with van der Waals surface area (Å²) in [5.41, 5.74) is 0.328. The summed E-state index contributed by atoms with van der Waals surface area (Å²) in [7, 11) is 1.42. The maximum Gasteiger partial charge on any atom is 0.340 e. The van der Waals surface area contributed by atoms with Crippen molar-refractivity contribution in [1.29, 1.82) is 0 Å². The van der Waals surface area contributed by atoms with E-state index < -0.39 is 23.7 Å². The van der Waals surface area contributed by atoms with Crippen LogP contribution in [0.1, 0.15) is 30.3 Å². The Hall–Kier alpha value is -2.97. The minimum Gasteiger partial charge on any atom is -0.452 e. The highest BCUT2D eigenvalue weighted by Crippen LogP contribution is 2.38. The molecule has 35 heavy (non-hydrogen) atoms. The minimum atomic E-state index is -1.41. The van der Waals surface area contributed by atoms with E-state index in [-0.39, 0.29) is 11.0 Å². The van der Waals surface area contributed by atoms with Gasteiger partial charge in [0.05, 0.1) is 5.69 Å². The van der Waals surface area contributed by atoms with Crippen LogP contribution in [0, 0.1) is 0 Å². The third-order valence-corrected chi connectivity index (χ3v) is 6.57. The van der Waals surface area contributed by atoms with Gasteiger partial charge in [-0.3, -0.25) is 9.69 Å². The van der Waals surface area contributed by atoms with Crippen molar-refractivity contribution in [3.8, 4) is 0 Å². The quantitative estimate of drug-likeness (QED) is 0.316. The number of hydrogen-bond acceptors (Lipinski definition) is 5. The van der Waals surface area contributed by atoms with Gasteiger partial charge < -0.3 is 14.8 Å². The van der Waals surface area contributed by atoms with Crippen molar-refractivity contribution in [2.45, 2.75) is 24.7 Å². The van der Waals surface area contributed by atoms with Crippen molar-refractivity contribution >= 4 is 58.1 Å². The lowest BCUT2D eigenvalue weighted by molar-refractivity contribution is -0.166. The predicted molar refractivity (Wildman–Crippen MR) is 140 cm³/mol. The van der Waals surface area contributed by atoms with Gasteiger partial charge in [0.1, 0.15) is 0 Å². The number of esters is 1. The maximum absolute atomic E-state index is 13.8. The molecular formula is C26H22Cl2N2O4S. The largest absolute Gasteiger partial charge is 0.452 e. The van der Waals surface area contributed by atoms with Crippen LogP contribution in [-0.2, 0) is 19.1 Å². The summed E-state index contributed by atoms with van der Waals surface area (Å²) in [4.78, 5) is 28.5. The summed E-state index contributed by atoms with van der Waals surface area (Å²) in [5, 5.41) is 4.30. The molecule has 1 fully saturated rings. The van der Waals surface area contributed by atoms with Gasteiger partial charge in [-0.2, -0.15) is 0 Å². The lowest BCUT2D eigenvalue weighted by atomic mass is 9.88. The molecule has 1 aliphatic rings. The van der Waals surface area contributed by atoms with E-state index in [0.29, 0.717) is 26.9 Å².